The monoisotopic (exact) mass is 399 g/mol. The van der Waals surface area contributed by atoms with Gasteiger partial charge in [-0.05, 0) is 61.3 Å². The van der Waals surface area contributed by atoms with Crippen molar-refractivity contribution in [3.8, 4) is 0 Å². The maximum atomic E-state index is 13.0. The fourth-order valence-corrected chi connectivity index (χ4v) is 5.26. The molecule has 0 saturated carbocycles. The van der Waals surface area contributed by atoms with Gasteiger partial charge in [-0.3, -0.25) is 14.2 Å². The number of anilines is 1. The summed E-state index contributed by atoms with van der Waals surface area (Å²) in [5.41, 5.74) is 1.76. The topological polar surface area (TPSA) is 64.0 Å². The van der Waals surface area contributed by atoms with Crippen LogP contribution in [0.25, 0.3) is 10.2 Å². The Morgan fingerprint density at radius 1 is 1.37 bits per heavy atom. The normalized spacial score (nSPS) is 16.3. The fraction of sp³-hybridized carbons (Fsp3) is 0.350. The Hall–Kier alpha value is -2.12. The van der Waals surface area contributed by atoms with Gasteiger partial charge in [-0.15, -0.1) is 23.1 Å². The smallest absolute Gasteiger partial charge is 0.262 e. The van der Waals surface area contributed by atoms with Crippen LogP contribution < -0.4 is 10.9 Å². The van der Waals surface area contributed by atoms with Crippen molar-refractivity contribution in [1.29, 1.82) is 0 Å². The number of carbonyl (C=O) groups is 1. The lowest BCUT2D eigenvalue weighted by molar-refractivity contribution is -0.116. The van der Waals surface area contributed by atoms with Gasteiger partial charge >= 0.3 is 0 Å². The first-order valence-electron chi connectivity index (χ1n) is 8.98. The highest BCUT2D eigenvalue weighted by atomic mass is 32.2. The summed E-state index contributed by atoms with van der Waals surface area (Å²) >= 11 is 3.27. The minimum Gasteiger partial charge on any atom is -0.325 e. The number of aromatic nitrogens is 2. The number of rotatable bonds is 4. The summed E-state index contributed by atoms with van der Waals surface area (Å²) in [6.07, 6.45) is 6.53. The van der Waals surface area contributed by atoms with Gasteiger partial charge in [0.05, 0.1) is 11.7 Å². The number of hydrogen-bond donors (Lipinski definition) is 1. The second-order valence-electron chi connectivity index (χ2n) is 6.99. The second-order valence-corrected chi connectivity index (χ2v) is 8.95. The SMILES string of the molecule is CSc1ccc(NC(=O)Cn2cnc3sc4c(c3c2=O)CCC(C)C4)cc1. The van der Waals surface area contributed by atoms with Crippen LogP contribution in [0.3, 0.4) is 0 Å². The lowest BCUT2D eigenvalue weighted by Gasteiger charge is -2.17. The van der Waals surface area contributed by atoms with Gasteiger partial charge in [0.25, 0.3) is 5.56 Å². The molecule has 1 unspecified atom stereocenters. The molecule has 140 valence electrons. The number of thiophene rings is 1. The summed E-state index contributed by atoms with van der Waals surface area (Å²) in [6, 6.07) is 7.64. The molecular formula is C20H21N3O2S2. The van der Waals surface area contributed by atoms with E-state index in [9.17, 15) is 9.59 Å². The van der Waals surface area contributed by atoms with Gasteiger partial charge in [-0.25, -0.2) is 4.98 Å². The van der Waals surface area contributed by atoms with Crippen molar-refractivity contribution in [1.82, 2.24) is 9.55 Å². The number of aryl methyl sites for hydroxylation is 1. The molecule has 2 heterocycles. The van der Waals surface area contributed by atoms with E-state index in [0.717, 1.165) is 40.2 Å². The van der Waals surface area contributed by atoms with E-state index in [4.69, 9.17) is 0 Å². The molecular weight excluding hydrogens is 378 g/mol. The van der Waals surface area contributed by atoms with Crippen molar-refractivity contribution in [3.63, 3.8) is 0 Å². The van der Waals surface area contributed by atoms with Crippen LogP contribution in [0.1, 0.15) is 23.8 Å². The minimum absolute atomic E-state index is 0.0346. The molecule has 4 rings (SSSR count). The predicted molar refractivity (Wildman–Crippen MR) is 112 cm³/mol. The van der Waals surface area contributed by atoms with Crippen LogP contribution >= 0.6 is 23.1 Å². The summed E-state index contributed by atoms with van der Waals surface area (Å²) in [5, 5.41) is 3.56. The van der Waals surface area contributed by atoms with Gasteiger partial charge in [0.15, 0.2) is 0 Å². The zero-order valence-electron chi connectivity index (χ0n) is 15.3. The van der Waals surface area contributed by atoms with Crippen molar-refractivity contribution in [2.75, 3.05) is 11.6 Å². The summed E-state index contributed by atoms with van der Waals surface area (Å²) in [6.45, 7) is 2.21. The third kappa shape index (κ3) is 3.66. The maximum absolute atomic E-state index is 13.0. The molecule has 0 aliphatic heterocycles. The van der Waals surface area contributed by atoms with Crippen LogP contribution in [0.15, 0.2) is 40.3 Å². The zero-order valence-corrected chi connectivity index (χ0v) is 17.0. The van der Waals surface area contributed by atoms with E-state index in [1.54, 1.807) is 23.1 Å². The molecule has 1 atom stereocenters. The van der Waals surface area contributed by atoms with Gasteiger partial charge < -0.3 is 5.32 Å². The molecule has 0 radical (unpaired) electrons. The highest BCUT2D eigenvalue weighted by molar-refractivity contribution is 7.98. The van der Waals surface area contributed by atoms with Crippen molar-refractivity contribution < 1.29 is 4.79 Å². The Labute approximate surface area is 165 Å². The van der Waals surface area contributed by atoms with Gasteiger partial charge in [0, 0.05) is 15.5 Å². The van der Waals surface area contributed by atoms with E-state index in [1.165, 1.54) is 15.8 Å². The third-order valence-corrected chi connectivity index (χ3v) is 6.88. The predicted octanol–water partition coefficient (Wildman–Crippen LogP) is 3.94. The zero-order chi connectivity index (χ0) is 19.0. The molecule has 2 aromatic heterocycles. The third-order valence-electron chi connectivity index (χ3n) is 4.97. The van der Waals surface area contributed by atoms with Crippen LogP contribution in [0.4, 0.5) is 5.69 Å². The molecule has 1 aliphatic rings. The molecule has 0 bridgehead atoms. The quantitative estimate of drug-likeness (QED) is 0.675. The van der Waals surface area contributed by atoms with Crippen molar-refractivity contribution in [3.05, 3.63) is 51.4 Å². The van der Waals surface area contributed by atoms with E-state index in [1.807, 2.05) is 30.5 Å². The molecule has 1 N–H and O–H groups in total. The average Bonchev–Trinajstić information content (AvgIpc) is 3.02. The summed E-state index contributed by atoms with van der Waals surface area (Å²) in [7, 11) is 0. The largest absolute Gasteiger partial charge is 0.325 e. The molecule has 1 aromatic carbocycles. The Bertz CT molecular complexity index is 1050. The van der Waals surface area contributed by atoms with E-state index in [0.29, 0.717) is 11.3 Å². The lowest BCUT2D eigenvalue weighted by Crippen LogP contribution is -2.28. The van der Waals surface area contributed by atoms with E-state index >= 15 is 0 Å². The summed E-state index contributed by atoms with van der Waals surface area (Å²) < 4.78 is 1.42. The Balaban J connectivity index is 1.57. The van der Waals surface area contributed by atoms with Crippen LogP contribution in [0.2, 0.25) is 0 Å². The first-order chi connectivity index (χ1) is 13.0. The van der Waals surface area contributed by atoms with Crippen molar-refractivity contribution >= 4 is 44.9 Å². The lowest BCUT2D eigenvalue weighted by atomic mass is 9.89. The number of carbonyl (C=O) groups excluding carboxylic acids is 1. The maximum Gasteiger partial charge on any atom is 0.262 e. The highest BCUT2D eigenvalue weighted by Gasteiger charge is 2.23. The Kier molecular flexibility index (Phi) is 5.06. The molecule has 27 heavy (non-hydrogen) atoms. The second kappa shape index (κ2) is 7.48. The number of fused-ring (bicyclic) bond motifs is 3. The first kappa shape index (κ1) is 18.3. The standard InChI is InChI=1S/C20H21N3O2S2/c1-12-3-8-15-16(9-12)27-19-18(15)20(25)23(11-21-19)10-17(24)22-13-4-6-14(26-2)7-5-13/h4-7,11-12H,3,8-10H2,1-2H3,(H,22,24). The molecule has 0 spiro atoms. The average molecular weight is 400 g/mol. The van der Waals surface area contributed by atoms with Crippen LogP contribution in [0, 0.1) is 5.92 Å². The van der Waals surface area contributed by atoms with Gasteiger partial charge in [-0.2, -0.15) is 0 Å². The number of amides is 1. The molecule has 5 nitrogen and oxygen atoms in total. The highest BCUT2D eigenvalue weighted by Crippen LogP contribution is 2.35. The van der Waals surface area contributed by atoms with E-state index in [-0.39, 0.29) is 18.0 Å². The van der Waals surface area contributed by atoms with Crippen molar-refractivity contribution in [2.45, 2.75) is 37.6 Å². The minimum atomic E-state index is -0.229. The fourth-order valence-electron chi connectivity index (χ4n) is 3.51. The van der Waals surface area contributed by atoms with Crippen LogP contribution in [-0.2, 0) is 24.2 Å². The number of hydrogen-bond acceptors (Lipinski definition) is 5. The van der Waals surface area contributed by atoms with Gasteiger partial charge in [0.1, 0.15) is 11.4 Å². The molecule has 1 aliphatic carbocycles. The molecule has 7 heteroatoms. The van der Waals surface area contributed by atoms with Gasteiger partial charge in [0.2, 0.25) is 5.91 Å². The summed E-state index contributed by atoms with van der Waals surface area (Å²) in [4.78, 5) is 33.0. The Morgan fingerprint density at radius 2 is 2.15 bits per heavy atom. The van der Waals surface area contributed by atoms with E-state index < -0.39 is 0 Å². The number of benzene rings is 1. The van der Waals surface area contributed by atoms with Crippen LogP contribution in [-0.4, -0.2) is 21.7 Å². The molecule has 0 fully saturated rings. The first-order valence-corrected chi connectivity index (χ1v) is 11.0. The molecule has 1 amide bonds. The molecule has 3 aromatic rings. The van der Waals surface area contributed by atoms with E-state index in [2.05, 4.69) is 17.2 Å². The van der Waals surface area contributed by atoms with Crippen molar-refractivity contribution in [2.24, 2.45) is 5.92 Å². The number of nitrogens with zero attached hydrogens (tertiary/aromatic N) is 2. The van der Waals surface area contributed by atoms with Crippen LogP contribution in [0.5, 0.6) is 0 Å². The summed E-state index contributed by atoms with van der Waals surface area (Å²) in [5.74, 6) is 0.420. The number of thioether (sulfide) groups is 1. The number of nitrogens with one attached hydrogen (secondary N) is 1. The molecule has 0 saturated heterocycles. The van der Waals surface area contributed by atoms with Gasteiger partial charge in [-0.1, -0.05) is 6.92 Å². The Morgan fingerprint density at radius 3 is 2.89 bits per heavy atom.